The quantitative estimate of drug-likeness (QED) is 0.846. The van der Waals surface area contributed by atoms with Crippen LogP contribution in [-0.2, 0) is 11.3 Å². The molecule has 0 aliphatic carbocycles. The summed E-state index contributed by atoms with van der Waals surface area (Å²) >= 11 is 0. The predicted octanol–water partition coefficient (Wildman–Crippen LogP) is 1.93. The fourth-order valence-electron chi connectivity index (χ4n) is 1.93. The fourth-order valence-corrected chi connectivity index (χ4v) is 1.93. The van der Waals surface area contributed by atoms with Gasteiger partial charge >= 0.3 is 0 Å². The van der Waals surface area contributed by atoms with E-state index in [1.165, 1.54) is 11.2 Å². The van der Waals surface area contributed by atoms with E-state index in [0.29, 0.717) is 6.61 Å². The molecule has 0 fully saturated rings. The number of amides is 1. The van der Waals surface area contributed by atoms with Crippen LogP contribution in [0.15, 0.2) is 53.1 Å². The SMILES string of the molecule is CN(CC(O)COCc1ccccc1)C(=O)c1ccco1. The summed E-state index contributed by atoms with van der Waals surface area (Å²) in [5, 5.41) is 9.89. The first-order valence-electron chi connectivity index (χ1n) is 6.75. The lowest BCUT2D eigenvalue weighted by atomic mass is 10.2. The lowest BCUT2D eigenvalue weighted by Crippen LogP contribution is -2.36. The molecule has 1 amide bonds. The maximum absolute atomic E-state index is 11.9. The highest BCUT2D eigenvalue weighted by Gasteiger charge is 2.17. The third-order valence-electron chi connectivity index (χ3n) is 2.99. The van der Waals surface area contributed by atoms with Gasteiger partial charge in [-0.2, -0.15) is 0 Å². The Morgan fingerprint density at radius 1 is 1.29 bits per heavy atom. The third-order valence-corrected chi connectivity index (χ3v) is 2.99. The van der Waals surface area contributed by atoms with Gasteiger partial charge in [-0.15, -0.1) is 0 Å². The Morgan fingerprint density at radius 2 is 2.05 bits per heavy atom. The molecule has 2 rings (SSSR count). The van der Waals surface area contributed by atoms with Gasteiger partial charge in [0.2, 0.25) is 0 Å². The number of rotatable bonds is 7. The van der Waals surface area contributed by atoms with Crippen LogP contribution < -0.4 is 0 Å². The van der Waals surface area contributed by atoms with E-state index in [1.54, 1.807) is 19.2 Å². The molecule has 0 radical (unpaired) electrons. The molecule has 1 unspecified atom stereocenters. The second-order valence-electron chi connectivity index (χ2n) is 4.82. The summed E-state index contributed by atoms with van der Waals surface area (Å²) in [7, 11) is 1.62. The van der Waals surface area contributed by atoms with Crippen molar-refractivity contribution in [3.05, 3.63) is 60.1 Å². The average Bonchev–Trinajstić information content (AvgIpc) is 3.01. The van der Waals surface area contributed by atoms with Crippen molar-refractivity contribution < 1.29 is 19.1 Å². The molecule has 1 aromatic carbocycles. The van der Waals surface area contributed by atoms with Crippen LogP contribution in [0.2, 0.25) is 0 Å². The summed E-state index contributed by atoms with van der Waals surface area (Å²) < 4.78 is 10.5. The number of nitrogens with zero attached hydrogens (tertiary/aromatic N) is 1. The Balaban J connectivity index is 1.71. The van der Waals surface area contributed by atoms with E-state index < -0.39 is 6.10 Å². The van der Waals surface area contributed by atoms with Crippen LogP contribution >= 0.6 is 0 Å². The zero-order chi connectivity index (χ0) is 15.1. The van der Waals surface area contributed by atoms with Crippen LogP contribution in [0.25, 0.3) is 0 Å². The fraction of sp³-hybridized carbons (Fsp3) is 0.312. The van der Waals surface area contributed by atoms with Crippen molar-refractivity contribution in [1.82, 2.24) is 4.90 Å². The number of hydrogen-bond donors (Lipinski definition) is 1. The number of benzene rings is 1. The number of carbonyl (C=O) groups is 1. The van der Waals surface area contributed by atoms with Gasteiger partial charge in [0.05, 0.1) is 25.6 Å². The van der Waals surface area contributed by atoms with Gasteiger partial charge in [-0.1, -0.05) is 30.3 Å². The summed E-state index contributed by atoms with van der Waals surface area (Å²) in [6.07, 6.45) is 0.707. The molecule has 1 heterocycles. The van der Waals surface area contributed by atoms with Gasteiger partial charge in [0.25, 0.3) is 5.91 Å². The predicted molar refractivity (Wildman–Crippen MR) is 77.8 cm³/mol. The largest absolute Gasteiger partial charge is 0.459 e. The molecule has 1 N–H and O–H groups in total. The van der Waals surface area contributed by atoms with Crippen molar-refractivity contribution in [2.24, 2.45) is 0 Å². The molecule has 5 heteroatoms. The molecule has 0 aliphatic rings. The Kier molecular flexibility index (Phi) is 5.54. The van der Waals surface area contributed by atoms with E-state index in [1.807, 2.05) is 30.3 Å². The third kappa shape index (κ3) is 4.73. The summed E-state index contributed by atoms with van der Waals surface area (Å²) in [5.74, 6) is -0.00277. The van der Waals surface area contributed by atoms with E-state index in [4.69, 9.17) is 9.15 Å². The zero-order valence-corrected chi connectivity index (χ0v) is 11.9. The van der Waals surface area contributed by atoms with Crippen LogP contribution in [0, 0.1) is 0 Å². The van der Waals surface area contributed by atoms with E-state index in [2.05, 4.69) is 0 Å². The highest BCUT2D eigenvalue weighted by atomic mass is 16.5. The summed E-state index contributed by atoms with van der Waals surface area (Å²) in [6.45, 7) is 0.798. The molecule has 1 atom stereocenters. The minimum atomic E-state index is -0.738. The molecule has 21 heavy (non-hydrogen) atoms. The molecular formula is C16H19NO4. The first-order chi connectivity index (χ1) is 10.2. The second kappa shape index (κ2) is 7.61. The number of aliphatic hydroxyl groups is 1. The number of aliphatic hydroxyl groups excluding tert-OH is 1. The van der Waals surface area contributed by atoms with E-state index in [9.17, 15) is 9.90 Å². The lowest BCUT2D eigenvalue weighted by Gasteiger charge is -2.19. The van der Waals surface area contributed by atoms with Crippen molar-refractivity contribution in [3.63, 3.8) is 0 Å². The standard InChI is InChI=1S/C16H19NO4/c1-17(16(19)15-8-5-9-21-15)10-14(18)12-20-11-13-6-3-2-4-7-13/h2-9,14,18H,10-12H2,1H3. The molecular weight excluding hydrogens is 270 g/mol. The maximum atomic E-state index is 11.9. The van der Waals surface area contributed by atoms with Crippen molar-refractivity contribution in [2.75, 3.05) is 20.2 Å². The van der Waals surface area contributed by atoms with E-state index in [0.717, 1.165) is 5.56 Å². The molecule has 0 spiro atoms. The maximum Gasteiger partial charge on any atom is 0.289 e. The van der Waals surface area contributed by atoms with E-state index >= 15 is 0 Å². The van der Waals surface area contributed by atoms with Crippen molar-refractivity contribution >= 4 is 5.91 Å². The highest BCUT2D eigenvalue weighted by molar-refractivity contribution is 5.91. The number of carbonyl (C=O) groups excluding carboxylic acids is 1. The number of furan rings is 1. The van der Waals surface area contributed by atoms with Gasteiger partial charge in [-0.05, 0) is 17.7 Å². The van der Waals surface area contributed by atoms with Gasteiger partial charge < -0.3 is 19.2 Å². The summed E-state index contributed by atoms with van der Waals surface area (Å²) in [4.78, 5) is 13.3. The van der Waals surface area contributed by atoms with Gasteiger partial charge in [0.15, 0.2) is 5.76 Å². The number of likely N-dealkylation sites (N-methyl/N-ethyl adjacent to an activating group) is 1. The number of hydrogen-bond acceptors (Lipinski definition) is 4. The molecule has 112 valence electrons. The van der Waals surface area contributed by atoms with Crippen LogP contribution in [0.5, 0.6) is 0 Å². The smallest absolute Gasteiger partial charge is 0.289 e. The Morgan fingerprint density at radius 3 is 2.71 bits per heavy atom. The summed E-state index contributed by atoms with van der Waals surface area (Å²) in [6, 6.07) is 13.0. The first kappa shape index (κ1) is 15.3. The first-order valence-corrected chi connectivity index (χ1v) is 6.75. The molecule has 0 bridgehead atoms. The molecule has 2 aromatic rings. The molecule has 5 nitrogen and oxygen atoms in total. The average molecular weight is 289 g/mol. The summed E-state index contributed by atoms with van der Waals surface area (Å²) in [5.41, 5.74) is 1.05. The molecule has 0 aliphatic heterocycles. The van der Waals surface area contributed by atoms with Gasteiger partial charge in [-0.25, -0.2) is 0 Å². The minimum Gasteiger partial charge on any atom is -0.459 e. The van der Waals surface area contributed by atoms with Crippen LogP contribution in [0.3, 0.4) is 0 Å². The monoisotopic (exact) mass is 289 g/mol. The minimum absolute atomic E-state index is 0.171. The van der Waals surface area contributed by atoms with Crippen molar-refractivity contribution in [1.29, 1.82) is 0 Å². The van der Waals surface area contributed by atoms with E-state index in [-0.39, 0.29) is 24.8 Å². The van der Waals surface area contributed by atoms with Crippen LogP contribution in [-0.4, -0.2) is 42.2 Å². The van der Waals surface area contributed by atoms with Crippen LogP contribution in [0.4, 0.5) is 0 Å². The van der Waals surface area contributed by atoms with Crippen molar-refractivity contribution in [3.8, 4) is 0 Å². The van der Waals surface area contributed by atoms with Crippen LogP contribution in [0.1, 0.15) is 16.1 Å². The molecule has 1 aromatic heterocycles. The Bertz CT molecular complexity index is 539. The van der Waals surface area contributed by atoms with Gasteiger partial charge in [-0.3, -0.25) is 4.79 Å². The topological polar surface area (TPSA) is 62.9 Å². The normalized spacial score (nSPS) is 12.1. The van der Waals surface area contributed by atoms with Gasteiger partial charge in [0, 0.05) is 13.6 Å². The van der Waals surface area contributed by atoms with Gasteiger partial charge in [0.1, 0.15) is 0 Å². The zero-order valence-electron chi connectivity index (χ0n) is 11.9. The van der Waals surface area contributed by atoms with Crippen molar-refractivity contribution in [2.45, 2.75) is 12.7 Å². The second-order valence-corrected chi connectivity index (χ2v) is 4.82. The molecule has 0 saturated heterocycles. The lowest BCUT2D eigenvalue weighted by molar-refractivity contribution is 0.0131. The Hall–Kier alpha value is -2.11. The highest BCUT2D eigenvalue weighted by Crippen LogP contribution is 2.05. The Labute approximate surface area is 123 Å². The number of ether oxygens (including phenoxy) is 1. The molecule has 0 saturated carbocycles.